The maximum atomic E-state index is 13.4. The zero-order chi connectivity index (χ0) is 38.9. The van der Waals surface area contributed by atoms with Gasteiger partial charge in [0.25, 0.3) is 0 Å². The van der Waals surface area contributed by atoms with Crippen LogP contribution >= 0.6 is 0 Å². The Labute approximate surface area is 318 Å². The van der Waals surface area contributed by atoms with Gasteiger partial charge in [0.2, 0.25) is 6.10 Å². The van der Waals surface area contributed by atoms with E-state index in [1.165, 1.54) is 26.6 Å². The van der Waals surface area contributed by atoms with Crippen LogP contribution in [0.1, 0.15) is 81.2 Å². The first-order valence-corrected chi connectivity index (χ1v) is 17.6. The molecule has 0 fully saturated rings. The summed E-state index contributed by atoms with van der Waals surface area (Å²) < 4.78 is 24.8. The highest BCUT2D eigenvalue weighted by Crippen LogP contribution is 2.29. The van der Waals surface area contributed by atoms with Crippen LogP contribution < -0.4 is 0 Å². The predicted molar refractivity (Wildman–Crippen MR) is 202 cm³/mol. The zero-order valence-corrected chi connectivity index (χ0v) is 30.8. The van der Waals surface area contributed by atoms with E-state index >= 15 is 0 Å². The maximum Gasteiger partial charge on any atom is 0.357 e. The minimum Gasteiger partial charge on any atom is -0.468 e. The van der Waals surface area contributed by atoms with Gasteiger partial charge >= 0.3 is 23.9 Å². The van der Waals surface area contributed by atoms with Gasteiger partial charge in [-0.2, -0.15) is 0 Å². The van der Waals surface area contributed by atoms with Gasteiger partial charge in [-0.3, -0.25) is 4.79 Å². The number of carbonyl (C=O) groups excluding carboxylic acids is 4. The van der Waals surface area contributed by atoms with Gasteiger partial charge in [0.15, 0.2) is 0 Å². The first kappa shape index (κ1) is 37.9. The number of imidazole rings is 2. The van der Waals surface area contributed by atoms with Gasteiger partial charge in [-0.1, -0.05) is 109 Å². The smallest absolute Gasteiger partial charge is 0.357 e. The van der Waals surface area contributed by atoms with Crippen LogP contribution in [0.5, 0.6) is 0 Å². The summed E-state index contributed by atoms with van der Waals surface area (Å²) in [6.07, 6.45) is 4.64. The fourth-order valence-corrected chi connectivity index (χ4v) is 6.29. The second kappa shape index (κ2) is 17.3. The first-order valence-electron chi connectivity index (χ1n) is 17.6. The summed E-state index contributed by atoms with van der Waals surface area (Å²) in [5.41, 5.74) is 5.01. The number of carbonyl (C=O) groups is 4. The van der Waals surface area contributed by atoms with Crippen molar-refractivity contribution in [3.05, 3.63) is 168 Å². The predicted octanol–water partition coefficient (Wildman–Crippen LogP) is 7.15. The van der Waals surface area contributed by atoms with Crippen LogP contribution in [0.2, 0.25) is 0 Å². The van der Waals surface area contributed by atoms with Crippen molar-refractivity contribution < 1.29 is 38.1 Å². The molecule has 0 aliphatic rings. The molecule has 0 aliphatic heterocycles. The van der Waals surface area contributed by atoms with E-state index in [4.69, 9.17) is 18.9 Å². The lowest BCUT2D eigenvalue weighted by Gasteiger charge is -2.19. The molecule has 55 heavy (non-hydrogen) atoms. The summed E-state index contributed by atoms with van der Waals surface area (Å²) >= 11 is 0. The highest BCUT2D eigenvalue weighted by Gasteiger charge is 2.29. The van der Waals surface area contributed by atoms with E-state index in [2.05, 4.69) is 9.97 Å². The van der Waals surface area contributed by atoms with E-state index < -0.39 is 35.9 Å². The summed E-state index contributed by atoms with van der Waals surface area (Å²) in [6.45, 7) is 3.65. The molecule has 2 aromatic heterocycles. The Balaban J connectivity index is 1.14. The SMILES string of the molecule is COC(=O)C(COC(=O)c1cncn1[C@H](C)c1ccccc1)c1ccc(-c2ccc(C(OC(=O)c3cncn3[C@H](C)c3ccccc3)C(=O)OC)cc2)cc1. The van der Waals surface area contributed by atoms with Crippen molar-refractivity contribution in [3.8, 4) is 11.1 Å². The minimum absolute atomic E-state index is 0.171. The van der Waals surface area contributed by atoms with Crippen molar-refractivity contribution in [2.24, 2.45) is 0 Å². The maximum absolute atomic E-state index is 13.4. The Bertz CT molecular complexity index is 2230. The topological polar surface area (TPSA) is 141 Å². The third kappa shape index (κ3) is 8.54. The first-order chi connectivity index (χ1) is 26.7. The Kier molecular flexibility index (Phi) is 12.0. The van der Waals surface area contributed by atoms with E-state index in [1.807, 2.05) is 86.6 Å². The molecule has 0 saturated carbocycles. The number of methoxy groups -OCH3 is 2. The average Bonchev–Trinajstić information content (AvgIpc) is 3.94. The fourth-order valence-electron chi connectivity index (χ4n) is 6.29. The van der Waals surface area contributed by atoms with Gasteiger partial charge in [-0.25, -0.2) is 24.4 Å². The summed E-state index contributed by atoms with van der Waals surface area (Å²) in [5.74, 6) is -3.52. The summed E-state index contributed by atoms with van der Waals surface area (Å²) in [7, 11) is 2.51. The van der Waals surface area contributed by atoms with Gasteiger partial charge in [0.05, 0.1) is 51.4 Å². The lowest BCUT2D eigenvalue weighted by Crippen LogP contribution is -2.23. The van der Waals surface area contributed by atoms with Crippen LogP contribution in [0.4, 0.5) is 0 Å². The molecule has 0 spiro atoms. The average molecular weight is 741 g/mol. The molecule has 6 rings (SSSR count). The van der Waals surface area contributed by atoms with Gasteiger partial charge < -0.3 is 28.1 Å². The molecule has 2 heterocycles. The van der Waals surface area contributed by atoms with Crippen LogP contribution in [0.25, 0.3) is 11.1 Å². The quantitative estimate of drug-likeness (QED) is 0.0835. The molecule has 4 aromatic carbocycles. The van der Waals surface area contributed by atoms with Crippen LogP contribution in [-0.2, 0) is 28.5 Å². The van der Waals surface area contributed by atoms with Crippen LogP contribution in [-0.4, -0.2) is 63.8 Å². The summed E-state index contributed by atoms with van der Waals surface area (Å²) in [5, 5.41) is 0. The number of nitrogens with zero attached hydrogens (tertiary/aromatic N) is 4. The van der Waals surface area contributed by atoms with Gasteiger partial charge in [-0.05, 0) is 41.7 Å². The van der Waals surface area contributed by atoms with Crippen molar-refractivity contribution in [3.63, 3.8) is 0 Å². The molecule has 2 unspecified atom stereocenters. The van der Waals surface area contributed by atoms with Crippen molar-refractivity contribution >= 4 is 23.9 Å². The zero-order valence-electron chi connectivity index (χ0n) is 30.8. The molecular formula is C43H40N4O8. The number of aromatic nitrogens is 4. The van der Waals surface area contributed by atoms with Crippen LogP contribution in [0.15, 0.2) is 134 Å². The molecule has 0 bridgehead atoms. The van der Waals surface area contributed by atoms with Gasteiger partial charge in [-0.15, -0.1) is 0 Å². The van der Waals surface area contributed by atoms with E-state index in [1.54, 1.807) is 58.2 Å². The van der Waals surface area contributed by atoms with Gasteiger partial charge in [0, 0.05) is 5.56 Å². The van der Waals surface area contributed by atoms with Crippen molar-refractivity contribution in [1.82, 2.24) is 19.1 Å². The third-order valence-corrected chi connectivity index (χ3v) is 9.52. The Morgan fingerprint density at radius 3 is 1.49 bits per heavy atom. The normalized spacial score (nSPS) is 13.2. The van der Waals surface area contributed by atoms with Crippen molar-refractivity contribution in [1.29, 1.82) is 0 Å². The Morgan fingerprint density at radius 1 is 0.564 bits per heavy atom. The highest BCUT2D eigenvalue weighted by molar-refractivity contribution is 5.90. The number of hydrogen-bond acceptors (Lipinski definition) is 10. The number of benzene rings is 4. The monoisotopic (exact) mass is 740 g/mol. The fraction of sp³-hybridized carbons (Fsp3) is 0.209. The number of rotatable bonds is 14. The molecule has 0 radical (unpaired) electrons. The molecule has 0 saturated heterocycles. The molecule has 0 aliphatic carbocycles. The van der Waals surface area contributed by atoms with Crippen LogP contribution in [0, 0.1) is 0 Å². The van der Waals surface area contributed by atoms with Crippen molar-refractivity contribution in [2.75, 3.05) is 20.8 Å². The lowest BCUT2D eigenvalue weighted by molar-refractivity contribution is -0.151. The Hall–Kier alpha value is -6.82. The second-order valence-corrected chi connectivity index (χ2v) is 12.8. The number of esters is 4. The molecule has 4 atom stereocenters. The van der Waals surface area contributed by atoms with E-state index in [9.17, 15) is 19.2 Å². The third-order valence-electron chi connectivity index (χ3n) is 9.52. The molecule has 12 nitrogen and oxygen atoms in total. The molecule has 12 heteroatoms. The van der Waals surface area contributed by atoms with Gasteiger partial charge in [0.1, 0.15) is 23.9 Å². The standard InChI is InChI=1S/C43H40N4O8/c1-28(30-11-7-5-8-12-30)46-26-44-23-37(46)41(49)54-25-36(40(48)52-3)34-19-15-32(16-20-34)33-17-21-35(22-18-33)39(43(51)53-4)55-42(50)38-24-45-27-47(38)29(2)31-13-9-6-10-14-31/h5-24,26-29,36,39H,25H2,1-4H3/t28-,29-,36?,39?/m1/s1. The van der Waals surface area contributed by atoms with E-state index in [0.717, 1.165) is 22.3 Å². The molecule has 0 amide bonds. The molecule has 280 valence electrons. The highest BCUT2D eigenvalue weighted by atomic mass is 16.6. The minimum atomic E-state index is -1.33. The summed E-state index contributed by atoms with van der Waals surface area (Å²) in [4.78, 5) is 60.6. The van der Waals surface area contributed by atoms with E-state index in [0.29, 0.717) is 11.1 Å². The molecule has 6 aromatic rings. The Morgan fingerprint density at radius 2 is 1.02 bits per heavy atom. The summed E-state index contributed by atoms with van der Waals surface area (Å²) in [6, 6.07) is 33.1. The van der Waals surface area contributed by atoms with Crippen molar-refractivity contribution in [2.45, 2.75) is 38.0 Å². The molecule has 0 N–H and O–H groups in total. The number of ether oxygens (including phenoxy) is 4. The lowest BCUT2D eigenvalue weighted by atomic mass is 9.96. The molecular weight excluding hydrogens is 700 g/mol. The second-order valence-electron chi connectivity index (χ2n) is 12.8. The largest absolute Gasteiger partial charge is 0.468 e. The van der Waals surface area contributed by atoms with Crippen LogP contribution in [0.3, 0.4) is 0 Å². The number of hydrogen-bond donors (Lipinski definition) is 0. The van der Waals surface area contributed by atoms with E-state index in [-0.39, 0.29) is 30.1 Å².